The number of aliphatic hydroxyl groups is 1. The summed E-state index contributed by atoms with van der Waals surface area (Å²) in [6, 6.07) is 5.63. The van der Waals surface area contributed by atoms with E-state index in [-0.39, 0.29) is 29.6 Å². The Morgan fingerprint density at radius 3 is 2.64 bits per heavy atom. The van der Waals surface area contributed by atoms with E-state index in [1.54, 1.807) is 4.90 Å². The van der Waals surface area contributed by atoms with Crippen molar-refractivity contribution in [3.8, 4) is 6.07 Å². The third-order valence-electron chi connectivity index (χ3n) is 5.16. The second-order valence-corrected chi connectivity index (χ2v) is 7.21. The minimum Gasteiger partial charge on any atom is -0.396 e. The van der Waals surface area contributed by atoms with Crippen LogP contribution in [0, 0.1) is 29.0 Å². The minimum atomic E-state index is -0.577. The van der Waals surface area contributed by atoms with Crippen LogP contribution in [0.3, 0.4) is 0 Å². The van der Waals surface area contributed by atoms with Crippen molar-refractivity contribution in [3.05, 3.63) is 35.1 Å². The Kier molecular flexibility index (Phi) is 5.67. The molecule has 2 fully saturated rings. The molecule has 0 saturated carbocycles. The normalized spacial score (nSPS) is 24.3. The highest BCUT2D eigenvalue weighted by Crippen LogP contribution is 2.25. The van der Waals surface area contributed by atoms with Crippen LogP contribution in [0.1, 0.15) is 35.2 Å². The number of carbonyl (C=O) groups is 1. The highest BCUT2D eigenvalue weighted by Gasteiger charge is 2.31. The summed E-state index contributed by atoms with van der Waals surface area (Å²) in [5.41, 5.74) is 0.350. The molecule has 2 heterocycles. The lowest BCUT2D eigenvalue weighted by atomic mass is 9.88. The van der Waals surface area contributed by atoms with Gasteiger partial charge in [0.15, 0.2) is 0 Å². The maximum Gasteiger partial charge on any atom is 0.254 e. The summed E-state index contributed by atoms with van der Waals surface area (Å²) in [5, 5.41) is 18.6. The third kappa shape index (κ3) is 4.36. The van der Waals surface area contributed by atoms with Crippen LogP contribution < -0.4 is 0 Å². The van der Waals surface area contributed by atoms with E-state index in [1.165, 1.54) is 25.0 Å². The van der Waals surface area contributed by atoms with Crippen molar-refractivity contribution in [1.29, 1.82) is 5.26 Å². The van der Waals surface area contributed by atoms with Gasteiger partial charge >= 0.3 is 0 Å². The van der Waals surface area contributed by atoms with E-state index >= 15 is 0 Å². The predicted octanol–water partition coefficient (Wildman–Crippen LogP) is 1.86. The van der Waals surface area contributed by atoms with Crippen molar-refractivity contribution in [1.82, 2.24) is 9.80 Å². The molecule has 0 aromatic heterocycles. The van der Waals surface area contributed by atoms with Crippen LogP contribution in [0.5, 0.6) is 0 Å². The Balaban J connectivity index is 1.73. The van der Waals surface area contributed by atoms with Crippen LogP contribution in [0.2, 0.25) is 0 Å². The fourth-order valence-corrected chi connectivity index (χ4v) is 4.04. The van der Waals surface area contributed by atoms with E-state index in [1.807, 2.05) is 6.07 Å². The predicted molar refractivity (Wildman–Crippen MR) is 91.4 cm³/mol. The van der Waals surface area contributed by atoms with Crippen LogP contribution in [-0.2, 0) is 0 Å². The number of aliphatic hydroxyl groups excluding tert-OH is 1. The average molecular weight is 345 g/mol. The largest absolute Gasteiger partial charge is 0.396 e. The van der Waals surface area contributed by atoms with E-state index in [0.717, 1.165) is 32.1 Å². The van der Waals surface area contributed by atoms with E-state index in [0.29, 0.717) is 19.0 Å². The number of carbonyl (C=O) groups excluding carboxylic acids is 1. The fraction of sp³-hybridized carbons (Fsp3) is 0.579. The maximum atomic E-state index is 13.7. The summed E-state index contributed by atoms with van der Waals surface area (Å²) in [5.74, 6) is -0.474. The Bertz CT molecular complexity index is 667. The van der Waals surface area contributed by atoms with E-state index < -0.39 is 5.82 Å². The number of benzene rings is 1. The Morgan fingerprint density at radius 2 is 1.96 bits per heavy atom. The van der Waals surface area contributed by atoms with Crippen LogP contribution in [0.4, 0.5) is 4.39 Å². The van der Waals surface area contributed by atoms with Gasteiger partial charge in [0.05, 0.1) is 11.6 Å². The van der Waals surface area contributed by atoms with Crippen molar-refractivity contribution >= 4 is 5.91 Å². The van der Waals surface area contributed by atoms with Gasteiger partial charge in [0.25, 0.3) is 5.91 Å². The lowest BCUT2D eigenvalue weighted by Gasteiger charge is -2.38. The zero-order valence-electron chi connectivity index (χ0n) is 14.3. The van der Waals surface area contributed by atoms with Crippen molar-refractivity contribution in [2.75, 3.05) is 39.3 Å². The highest BCUT2D eigenvalue weighted by atomic mass is 19.1. The van der Waals surface area contributed by atoms with E-state index in [4.69, 9.17) is 5.26 Å². The first kappa shape index (κ1) is 17.8. The van der Waals surface area contributed by atoms with Crippen LogP contribution in [0.15, 0.2) is 18.2 Å². The molecule has 3 rings (SSSR count). The fourth-order valence-electron chi connectivity index (χ4n) is 4.04. The van der Waals surface area contributed by atoms with Crippen LogP contribution in [0.25, 0.3) is 0 Å². The molecule has 25 heavy (non-hydrogen) atoms. The van der Waals surface area contributed by atoms with Gasteiger partial charge in [0.2, 0.25) is 0 Å². The minimum absolute atomic E-state index is 0.0485. The SMILES string of the molecule is N#Cc1cc(F)cc(C(=O)N2C[C@@H](CN3CCCC3)C[C@H](CO)C2)c1. The number of halogens is 1. The summed E-state index contributed by atoms with van der Waals surface area (Å²) >= 11 is 0. The zero-order valence-corrected chi connectivity index (χ0v) is 14.3. The van der Waals surface area contributed by atoms with Crippen LogP contribution >= 0.6 is 0 Å². The van der Waals surface area contributed by atoms with Crippen molar-refractivity contribution in [2.45, 2.75) is 19.3 Å². The number of nitrogens with zero attached hydrogens (tertiary/aromatic N) is 3. The summed E-state index contributed by atoms with van der Waals surface area (Å²) in [6.45, 7) is 4.28. The summed E-state index contributed by atoms with van der Waals surface area (Å²) in [6.07, 6.45) is 3.35. The topological polar surface area (TPSA) is 67.6 Å². The van der Waals surface area contributed by atoms with Crippen molar-refractivity contribution < 1.29 is 14.3 Å². The Hall–Kier alpha value is -1.97. The smallest absolute Gasteiger partial charge is 0.254 e. The number of rotatable bonds is 4. The molecule has 0 unspecified atom stereocenters. The van der Waals surface area contributed by atoms with Crippen molar-refractivity contribution in [2.24, 2.45) is 11.8 Å². The molecule has 0 radical (unpaired) electrons. The van der Waals surface area contributed by atoms with Gasteiger partial charge in [0, 0.05) is 31.8 Å². The summed E-state index contributed by atoms with van der Waals surface area (Å²) < 4.78 is 13.7. The standard InChI is InChI=1S/C19H24FN3O2/c20-18-7-14(9-21)6-17(8-18)19(25)23-11-15(5-16(12-23)13-24)10-22-3-1-2-4-22/h6-8,15-16,24H,1-5,10-13H2/t15-,16+/m1/s1. The Labute approximate surface area is 147 Å². The molecule has 1 aromatic carbocycles. The molecule has 2 aliphatic rings. The number of likely N-dealkylation sites (tertiary alicyclic amines) is 2. The first-order valence-corrected chi connectivity index (χ1v) is 8.92. The molecule has 0 aliphatic carbocycles. The Morgan fingerprint density at radius 1 is 1.24 bits per heavy atom. The van der Waals surface area contributed by atoms with Gasteiger partial charge in [0.1, 0.15) is 5.82 Å². The van der Waals surface area contributed by atoms with Gasteiger partial charge in [-0.05, 0) is 62.4 Å². The molecule has 2 atom stereocenters. The van der Waals surface area contributed by atoms with Gasteiger partial charge in [-0.1, -0.05) is 0 Å². The van der Waals surface area contributed by atoms with Gasteiger partial charge in [-0.25, -0.2) is 4.39 Å². The third-order valence-corrected chi connectivity index (χ3v) is 5.16. The van der Waals surface area contributed by atoms with Gasteiger partial charge in [-0.2, -0.15) is 5.26 Å². The first-order valence-electron chi connectivity index (χ1n) is 8.92. The molecule has 1 amide bonds. The molecular formula is C19H24FN3O2. The monoisotopic (exact) mass is 345 g/mol. The van der Waals surface area contributed by atoms with E-state index in [2.05, 4.69) is 4.90 Å². The maximum absolute atomic E-state index is 13.7. The number of piperidine rings is 1. The molecule has 2 saturated heterocycles. The highest BCUT2D eigenvalue weighted by molar-refractivity contribution is 5.94. The summed E-state index contributed by atoms with van der Waals surface area (Å²) in [7, 11) is 0. The lowest BCUT2D eigenvalue weighted by molar-refractivity contribution is 0.0465. The van der Waals surface area contributed by atoms with Gasteiger partial charge in [-0.3, -0.25) is 4.79 Å². The van der Waals surface area contributed by atoms with Crippen molar-refractivity contribution in [3.63, 3.8) is 0 Å². The lowest BCUT2D eigenvalue weighted by Crippen LogP contribution is -2.47. The first-order chi connectivity index (χ1) is 12.1. The van der Waals surface area contributed by atoms with Gasteiger partial charge in [-0.15, -0.1) is 0 Å². The number of hydrogen-bond donors (Lipinski definition) is 1. The number of nitriles is 1. The van der Waals surface area contributed by atoms with Gasteiger partial charge < -0.3 is 14.9 Å². The van der Waals surface area contributed by atoms with Crippen LogP contribution in [-0.4, -0.2) is 60.1 Å². The molecule has 5 nitrogen and oxygen atoms in total. The molecule has 0 bridgehead atoms. The zero-order chi connectivity index (χ0) is 17.8. The quantitative estimate of drug-likeness (QED) is 0.904. The second kappa shape index (κ2) is 7.94. The number of amides is 1. The summed E-state index contributed by atoms with van der Waals surface area (Å²) in [4.78, 5) is 16.9. The molecule has 1 N–H and O–H groups in total. The molecule has 1 aromatic rings. The molecular weight excluding hydrogens is 321 g/mol. The van der Waals surface area contributed by atoms with E-state index in [9.17, 15) is 14.3 Å². The average Bonchev–Trinajstić information content (AvgIpc) is 3.13. The second-order valence-electron chi connectivity index (χ2n) is 7.21. The number of hydrogen-bond acceptors (Lipinski definition) is 4. The molecule has 6 heteroatoms. The molecule has 2 aliphatic heterocycles. The molecule has 0 spiro atoms. The molecule has 134 valence electrons.